The molecule has 0 unspecified atom stereocenters. The number of rotatable bonds is 5. The van der Waals surface area contributed by atoms with Crippen molar-refractivity contribution in [2.24, 2.45) is 0 Å². The zero-order chi connectivity index (χ0) is 14.4. The largest absolute Gasteiger partial charge is 0.495 e. The van der Waals surface area contributed by atoms with Crippen LogP contribution in [0.15, 0.2) is 54.6 Å². The van der Waals surface area contributed by atoms with Crippen molar-refractivity contribution in [3.8, 4) is 5.75 Å². The summed E-state index contributed by atoms with van der Waals surface area (Å²) in [5.74, 6) is 0.507. The number of ether oxygens (including phenoxy) is 1. The minimum absolute atomic E-state index is 0.0109. The fourth-order valence-electron chi connectivity index (χ4n) is 2.23. The predicted octanol–water partition coefficient (Wildman–Crippen LogP) is 3.83. The van der Waals surface area contributed by atoms with Crippen LogP contribution in [0.4, 0.5) is 5.69 Å². The van der Waals surface area contributed by atoms with E-state index < -0.39 is 0 Å². The molecule has 0 aliphatic carbocycles. The summed E-state index contributed by atoms with van der Waals surface area (Å²) in [5.41, 5.74) is 1.73. The van der Waals surface area contributed by atoms with Crippen LogP contribution >= 0.6 is 0 Å². The first-order valence-electron chi connectivity index (χ1n) is 6.75. The van der Waals surface area contributed by atoms with Gasteiger partial charge in [0.15, 0.2) is 0 Å². The van der Waals surface area contributed by atoms with Crippen LogP contribution in [0.25, 0.3) is 0 Å². The highest BCUT2D eigenvalue weighted by molar-refractivity contribution is 5.97. The average molecular weight is 269 g/mol. The van der Waals surface area contributed by atoms with E-state index in [4.69, 9.17) is 4.74 Å². The Kier molecular flexibility index (Phi) is 4.77. The maximum Gasteiger partial charge on any atom is 0.232 e. The lowest BCUT2D eigenvalue weighted by Gasteiger charge is -2.16. The van der Waals surface area contributed by atoms with Gasteiger partial charge in [-0.1, -0.05) is 49.4 Å². The molecule has 0 saturated carbocycles. The van der Waals surface area contributed by atoms with Crippen molar-refractivity contribution in [3.05, 3.63) is 60.2 Å². The van der Waals surface area contributed by atoms with Crippen molar-refractivity contribution in [1.29, 1.82) is 0 Å². The van der Waals surface area contributed by atoms with Gasteiger partial charge in [0.25, 0.3) is 0 Å². The molecular formula is C17H19NO2. The van der Waals surface area contributed by atoms with Gasteiger partial charge in [0, 0.05) is 0 Å². The number of carbonyl (C=O) groups excluding carboxylic acids is 1. The van der Waals surface area contributed by atoms with Gasteiger partial charge in [0.2, 0.25) is 5.91 Å². The summed E-state index contributed by atoms with van der Waals surface area (Å²) < 4.78 is 5.25. The van der Waals surface area contributed by atoms with Crippen LogP contribution in [0, 0.1) is 0 Å². The molecule has 0 bridgehead atoms. The molecule has 2 rings (SSSR count). The van der Waals surface area contributed by atoms with Gasteiger partial charge in [-0.25, -0.2) is 0 Å². The molecule has 3 heteroatoms. The van der Waals surface area contributed by atoms with E-state index in [2.05, 4.69) is 5.32 Å². The van der Waals surface area contributed by atoms with E-state index in [0.717, 1.165) is 12.0 Å². The third-order valence-corrected chi connectivity index (χ3v) is 3.29. The molecule has 3 nitrogen and oxygen atoms in total. The minimum atomic E-state index is -0.152. The third kappa shape index (κ3) is 3.18. The molecule has 20 heavy (non-hydrogen) atoms. The number of para-hydroxylation sites is 2. The summed E-state index contributed by atoms with van der Waals surface area (Å²) in [6.07, 6.45) is 0.755. The fourth-order valence-corrected chi connectivity index (χ4v) is 2.23. The molecule has 0 saturated heterocycles. The van der Waals surface area contributed by atoms with Gasteiger partial charge in [-0.15, -0.1) is 0 Å². The Morgan fingerprint density at radius 1 is 1.10 bits per heavy atom. The molecule has 1 atom stereocenters. The number of benzene rings is 2. The maximum atomic E-state index is 12.4. The van der Waals surface area contributed by atoms with E-state index in [1.165, 1.54) is 0 Å². The number of hydrogen-bond donors (Lipinski definition) is 1. The standard InChI is InChI=1S/C17H19NO2/c1-3-14(13-9-5-4-6-10-13)17(19)18-15-11-7-8-12-16(15)20-2/h4-12,14H,3H2,1-2H3,(H,18,19)/t14-/m1/s1. The minimum Gasteiger partial charge on any atom is -0.495 e. The molecule has 104 valence electrons. The Hall–Kier alpha value is -2.29. The van der Waals surface area contributed by atoms with Gasteiger partial charge in [-0.05, 0) is 24.1 Å². The number of carbonyl (C=O) groups is 1. The summed E-state index contributed by atoms with van der Waals surface area (Å²) in [5, 5.41) is 2.95. The number of anilines is 1. The molecule has 1 amide bonds. The third-order valence-electron chi connectivity index (χ3n) is 3.29. The van der Waals surface area contributed by atoms with Gasteiger partial charge in [0.1, 0.15) is 5.75 Å². The zero-order valence-electron chi connectivity index (χ0n) is 11.8. The Bertz CT molecular complexity index is 566. The molecular weight excluding hydrogens is 250 g/mol. The fraction of sp³-hybridized carbons (Fsp3) is 0.235. The van der Waals surface area contributed by atoms with E-state index in [-0.39, 0.29) is 11.8 Å². The van der Waals surface area contributed by atoms with Crippen LogP contribution in [-0.4, -0.2) is 13.0 Å². The number of amides is 1. The second-order valence-electron chi connectivity index (χ2n) is 4.56. The normalized spacial score (nSPS) is 11.7. The van der Waals surface area contributed by atoms with Gasteiger partial charge < -0.3 is 10.1 Å². The molecule has 1 N–H and O–H groups in total. The predicted molar refractivity (Wildman–Crippen MR) is 81.1 cm³/mol. The lowest BCUT2D eigenvalue weighted by molar-refractivity contribution is -0.117. The second kappa shape index (κ2) is 6.75. The molecule has 0 radical (unpaired) electrons. The lowest BCUT2D eigenvalue weighted by atomic mass is 9.95. The highest BCUT2D eigenvalue weighted by Crippen LogP contribution is 2.26. The van der Waals surface area contributed by atoms with Crippen molar-refractivity contribution in [2.45, 2.75) is 19.3 Å². The Balaban J connectivity index is 2.18. The van der Waals surface area contributed by atoms with Crippen molar-refractivity contribution in [2.75, 3.05) is 12.4 Å². The number of nitrogens with one attached hydrogen (secondary N) is 1. The Morgan fingerprint density at radius 2 is 1.75 bits per heavy atom. The van der Waals surface area contributed by atoms with E-state index in [9.17, 15) is 4.79 Å². The summed E-state index contributed by atoms with van der Waals surface area (Å²) in [6.45, 7) is 2.01. The molecule has 0 spiro atoms. The molecule has 2 aromatic rings. The summed E-state index contributed by atoms with van der Waals surface area (Å²) in [6, 6.07) is 17.3. The topological polar surface area (TPSA) is 38.3 Å². The van der Waals surface area contributed by atoms with Crippen LogP contribution in [0.5, 0.6) is 5.75 Å². The van der Waals surface area contributed by atoms with E-state index in [0.29, 0.717) is 11.4 Å². The summed E-state index contributed by atoms with van der Waals surface area (Å²) in [4.78, 5) is 12.4. The smallest absolute Gasteiger partial charge is 0.232 e. The van der Waals surface area contributed by atoms with Crippen molar-refractivity contribution >= 4 is 11.6 Å². The Morgan fingerprint density at radius 3 is 2.40 bits per heavy atom. The van der Waals surface area contributed by atoms with Crippen molar-refractivity contribution in [3.63, 3.8) is 0 Å². The second-order valence-corrected chi connectivity index (χ2v) is 4.56. The first kappa shape index (κ1) is 14.1. The summed E-state index contributed by atoms with van der Waals surface area (Å²) >= 11 is 0. The van der Waals surface area contributed by atoms with E-state index >= 15 is 0 Å². The van der Waals surface area contributed by atoms with Crippen molar-refractivity contribution < 1.29 is 9.53 Å². The van der Waals surface area contributed by atoms with Crippen LogP contribution < -0.4 is 10.1 Å². The monoisotopic (exact) mass is 269 g/mol. The van der Waals surface area contributed by atoms with Crippen molar-refractivity contribution in [1.82, 2.24) is 0 Å². The van der Waals surface area contributed by atoms with Gasteiger partial charge in [-0.3, -0.25) is 4.79 Å². The molecule has 0 fully saturated rings. The molecule has 0 heterocycles. The van der Waals surface area contributed by atoms with E-state index in [1.807, 2.05) is 61.5 Å². The van der Waals surface area contributed by atoms with Crippen LogP contribution in [-0.2, 0) is 4.79 Å². The first-order chi connectivity index (χ1) is 9.76. The van der Waals surface area contributed by atoms with Gasteiger partial charge in [0.05, 0.1) is 18.7 Å². The molecule has 0 aromatic heterocycles. The average Bonchev–Trinajstić information content (AvgIpc) is 2.49. The SMILES string of the molecule is CC[C@@H](C(=O)Nc1ccccc1OC)c1ccccc1. The van der Waals surface area contributed by atoms with E-state index in [1.54, 1.807) is 7.11 Å². The first-order valence-corrected chi connectivity index (χ1v) is 6.75. The highest BCUT2D eigenvalue weighted by Gasteiger charge is 2.19. The van der Waals surface area contributed by atoms with Crippen LogP contribution in [0.1, 0.15) is 24.8 Å². The molecule has 2 aromatic carbocycles. The number of methoxy groups -OCH3 is 1. The highest BCUT2D eigenvalue weighted by atomic mass is 16.5. The quantitative estimate of drug-likeness (QED) is 0.896. The Labute approximate surface area is 119 Å². The zero-order valence-corrected chi connectivity index (χ0v) is 11.8. The maximum absolute atomic E-state index is 12.4. The van der Waals surface area contributed by atoms with Gasteiger partial charge in [-0.2, -0.15) is 0 Å². The molecule has 0 aliphatic heterocycles. The van der Waals surface area contributed by atoms with Crippen LogP contribution in [0.3, 0.4) is 0 Å². The molecule has 0 aliphatic rings. The number of hydrogen-bond acceptors (Lipinski definition) is 2. The van der Waals surface area contributed by atoms with Gasteiger partial charge >= 0.3 is 0 Å². The lowest BCUT2D eigenvalue weighted by Crippen LogP contribution is -2.21. The summed E-state index contributed by atoms with van der Waals surface area (Å²) in [7, 11) is 1.60. The van der Waals surface area contributed by atoms with Crippen LogP contribution in [0.2, 0.25) is 0 Å².